The number of carbonyl (C=O) groups is 1. The number of pyridine rings is 1. The van der Waals surface area contributed by atoms with Crippen LogP contribution in [-0.4, -0.2) is 27.7 Å². The molecule has 0 aromatic carbocycles. The van der Waals surface area contributed by atoms with E-state index in [1.165, 1.54) is 0 Å². The Labute approximate surface area is 111 Å². The Morgan fingerprint density at radius 2 is 2.21 bits per heavy atom. The number of hydrogen-bond acceptors (Lipinski definition) is 4. The molecular formula is C13H17N5O. The topological polar surface area (TPSA) is 71.8 Å². The zero-order valence-electron chi connectivity index (χ0n) is 11.3. The Kier molecular flexibility index (Phi) is 3.79. The lowest BCUT2D eigenvalue weighted by Crippen LogP contribution is -2.13. The van der Waals surface area contributed by atoms with Crippen molar-refractivity contribution >= 4 is 17.4 Å². The van der Waals surface area contributed by atoms with Crippen molar-refractivity contribution in [1.82, 2.24) is 14.8 Å². The van der Waals surface area contributed by atoms with E-state index in [-0.39, 0.29) is 5.91 Å². The molecular weight excluding hydrogens is 242 g/mol. The van der Waals surface area contributed by atoms with Crippen LogP contribution in [0.5, 0.6) is 0 Å². The minimum atomic E-state index is -0.165. The molecule has 0 bridgehead atoms. The summed E-state index contributed by atoms with van der Waals surface area (Å²) in [5.74, 6) is 0.525. The molecule has 0 spiro atoms. The van der Waals surface area contributed by atoms with E-state index in [0.29, 0.717) is 17.1 Å². The van der Waals surface area contributed by atoms with E-state index in [0.717, 1.165) is 12.1 Å². The quantitative estimate of drug-likeness (QED) is 0.876. The Hall–Kier alpha value is -2.37. The summed E-state index contributed by atoms with van der Waals surface area (Å²) in [5, 5.41) is 9.77. The zero-order chi connectivity index (χ0) is 13.8. The van der Waals surface area contributed by atoms with Gasteiger partial charge in [-0.1, -0.05) is 6.92 Å². The minimum absolute atomic E-state index is 0.165. The SMILES string of the molecule is CCc1cc(C(=O)Nc2cnn(C)c2)cc(NC)n1. The summed E-state index contributed by atoms with van der Waals surface area (Å²) >= 11 is 0. The van der Waals surface area contributed by atoms with Gasteiger partial charge in [0.1, 0.15) is 5.82 Å². The maximum absolute atomic E-state index is 12.2. The highest BCUT2D eigenvalue weighted by atomic mass is 16.1. The Morgan fingerprint density at radius 3 is 2.79 bits per heavy atom. The van der Waals surface area contributed by atoms with Gasteiger partial charge in [0.25, 0.3) is 5.91 Å². The molecule has 0 atom stereocenters. The summed E-state index contributed by atoms with van der Waals surface area (Å²) in [6.07, 6.45) is 4.14. The molecule has 2 heterocycles. The molecule has 2 N–H and O–H groups in total. The van der Waals surface area contributed by atoms with Gasteiger partial charge in [-0.25, -0.2) is 4.98 Å². The van der Waals surface area contributed by atoms with Crippen molar-refractivity contribution < 1.29 is 4.79 Å². The number of hydrogen-bond donors (Lipinski definition) is 2. The van der Waals surface area contributed by atoms with Gasteiger partial charge < -0.3 is 10.6 Å². The molecule has 0 fully saturated rings. The number of aromatic nitrogens is 3. The van der Waals surface area contributed by atoms with Crippen LogP contribution in [0, 0.1) is 0 Å². The van der Waals surface area contributed by atoms with Crippen molar-refractivity contribution in [2.45, 2.75) is 13.3 Å². The number of rotatable bonds is 4. The molecule has 0 unspecified atom stereocenters. The lowest BCUT2D eigenvalue weighted by molar-refractivity contribution is 0.102. The van der Waals surface area contributed by atoms with Crippen LogP contribution in [0.15, 0.2) is 24.5 Å². The minimum Gasteiger partial charge on any atom is -0.373 e. The van der Waals surface area contributed by atoms with Gasteiger partial charge in [-0.2, -0.15) is 5.10 Å². The number of carbonyl (C=O) groups excluding carboxylic acids is 1. The highest BCUT2D eigenvalue weighted by Crippen LogP contribution is 2.13. The maximum Gasteiger partial charge on any atom is 0.255 e. The average molecular weight is 259 g/mol. The molecule has 2 rings (SSSR count). The molecule has 2 aromatic rings. The maximum atomic E-state index is 12.2. The van der Waals surface area contributed by atoms with E-state index in [9.17, 15) is 4.79 Å². The summed E-state index contributed by atoms with van der Waals surface area (Å²) in [6, 6.07) is 3.53. The van der Waals surface area contributed by atoms with Gasteiger partial charge in [-0.15, -0.1) is 0 Å². The molecule has 0 aliphatic heterocycles. The van der Waals surface area contributed by atoms with Crippen LogP contribution in [0.1, 0.15) is 23.0 Å². The van der Waals surface area contributed by atoms with Crippen LogP contribution in [-0.2, 0) is 13.5 Å². The van der Waals surface area contributed by atoms with Crippen LogP contribution in [0.4, 0.5) is 11.5 Å². The van der Waals surface area contributed by atoms with Gasteiger partial charge in [0, 0.05) is 31.5 Å². The van der Waals surface area contributed by atoms with Crippen molar-refractivity contribution in [2.24, 2.45) is 7.05 Å². The Morgan fingerprint density at radius 1 is 1.42 bits per heavy atom. The lowest BCUT2D eigenvalue weighted by atomic mass is 10.2. The van der Waals surface area contributed by atoms with E-state index in [1.54, 1.807) is 43.3 Å². The third-order valence-corrected chi connectivity index (χ3v) is 2.72. The standard InChI is InChI=1S/C13H17N5O/c1-4-10-5-9(6-12(14-2)16-10)13(19)17-11-7-15-18(3)8-11/h5-8H,4H2,1-3H3,(H,14,16)(H,17,19). The third kappa shape index (κ3) is 3.09. The molecule has 6 nitrogen and oxygen atoms in total. The van der Waals surface area contributed by atoms with Crippen molar-refractivity contribution in [3.63, 3.8) is 0 Å². The van der Waals surface area contributed by atoms with Gasteiger partial charge >= 0.3 is 0 Å². The molecule has 0 aliphatic rings. The van der Waals surface area contributed by atoms with Crippen molar-refractivity contribution in [3.8, 4) is 0 Å². The first-order valence-electron chi connectivity index (χ1n) is 6.11. The third-order valence-electron chi connectivity index (χ3n) is 2.72. The molecule has 100 valence electrons. The lowest BCUT2D eigenvalue weighted by Gasteiger charge is -2.07. The molecule has 0 saturated heterocycles. The predicted molar refractivity (Wildman–Crippen MR) is 74.3 cm³/mol. The molecule has 19 heavy (non-hydrogen) atoms. The van der Waals surface area contributed by atoms with E-state index in [1.807, 2.05) is 6.92 Å². The fourth-order valence-electron chi connectivity index (χ4n) is 1.72. The first-order chi connectivity index (χ1) is 9.12. The smallest absolute Gasteiger partial charge is 0.255 e. The van der Waals surface area contributed by atoms with E-state index < -0.39 is 0 Å². The van der Waals surface area contributed by atoms with E-state index in [2.05, 4.69) is 20.7 Å². The Balaban J connectivity index is 2.22. The molecule has 0 saturated carbocycles. The summed E-state index contributed by atoms with van der Waals surface area (Å²) in [7, 11) is 3.58. The number of amides is 1. The fraction of sp³-hybridized carbons (Fsp3) is 0.308. The summed E-state index contributed by atoms with van der Waals surface area (Å²) in [5.41, 5.74) is 2.14. The van der Waals surface area contributed by atoms with Crippen molar-refractivity contribution in [3.05, 3.63) is 35.8 Å². The van der Waals surface area contributed by atoms with Gasteiger partial charge in [0.2, 0.25) is 0 Å². The number of anilines is 2. The highest BCUT2D eigenvalue weighted by Gasteiger charge is 2.10. The van der Waals surface area contributed by atoms with Crippen LogP contribution >= 0.6 is 0 Å². The monoisotopic (exact) mass is 259 g/mol. The molecule has 6 heteroatoms. The molecule has 0 aliphatic carbocycles. The van der Waals surface area contributed by atoms with Gasteiger partial charge in [0.15, 0.2) is 0 Å². The zero-order valence-corrected chi connectivity index (χ0v) is 11.3. The van der Waals surface area contributed by atoms with E-state index in [4.69, 9.17) is 0 Å². The van der Waals surface area contributed by atoms with Crippen LogP contribution in [0.25, 0.3) is 0 Å². The van der Waals surface area contributed by atoms with Crippen LogP contribution in [0.3, 0.4) is 0 Å². The number of aryl methyl sites for hydroxylation is 2. The van der Waals surface area contributed by atoms with Gasteiger partial charge in [-0.05, 0) is 18.6 Å². The number of nitrogens with one attached hydrogen (secondary N) is 2. The second kappa shape index (κ2) is 5.51. The second-order valence-corrected chi connectivity index (χ2v) is 4.19. The first-order valence-corrected chi connectivity index (χ1v) is 6.11. The van der Waals surface area contributed by atoms with Crippen LogP contribution < -0.4 is 10.6 Å². The summed E-state index contributed by atoms with van der Waals surface area (Å²) in [6.45, 7) is 2.00. The largest absolute Gasteiger partial charge is 0.373 e. The normalized spacial score (nSPS) is 10.3. The van der Waals surface area contributed by atoms with E-state index >= 15 is 0 Å². The van der Waals surface area contributed by atoms with Gasteiger partial charge in [-0.3, -0.25) is 9.48 Å². The van der Waals surface area contributed by atoms with Crippen molar-refractivity contribution in [2.75, 3.05) is 17.7 Å². The second-order valence-electron chi connectivity index (χ2n) is 4.19. The average Bonchev–Trinajstić information content (AvgIpc) is 2.83. The first kappa shape index (κ1) is 13.1. The number of nitrogens with zero attached hydrogens (tertiary/aromatic N) is 3. The van der Waals surface area contributed by atoms with Gasteiger partial charge in [0.05, 0.1) is 11.9 Å². The summed E-state index contributed by atoms with van der Waals surface area (Å²) < 4.78 is 1.64. The highest BCUT2D eigenvalue weighted by molar-refractivity contribution is 6.04. The molecule has 1 amide bonds. The van der Waals surface area contributed by atoms with Crippen LogP contribution in [0.2, 0.25) is 0 Å². The molecule has 0 radical (unpaired) electrons. The predicted octanol–water partition coefficient (Wildman–Crippen LogP) is 1.67. The molecule has 2 aromatic heterocycles. The summed E-state index contributed by atoms with van der Waals surface area (Å²) in [4.78, 5) is 16.5. The van der Waals surface area contributed by atoms with Crippen molar-refractivity contribution in [1.29, 1.82) is 0 Å². The fourth-order valence-corrected chi connectivity index (χ4v) is 1.72. The Bertz CT molecular complexity index is 568.